The summed E-state index contributed by atoms with van der Waals surface area (Å²) in [6, 6.07) is 6.58. The van der Waals surface area contributed by atoms with Gasteiger partial charge < -0.3 is 5.11 Å². The number of halogens is 2. The minimum absolute atomic E-state index is 0.0291. The zero-order valence-electron chi connectivity index (χ0n) is 8.82. The highest BCUT2D eigenvalue weighted by molar-refractivity contribution is 6.43. The molecule has 0 aliphatic rings. The zero-order valence-corrected chi connectivity index (χ0v) is 10.3. The highest BCUT2D eigenvalue weighted by Crippen LogP contribution is 2.28. The maximum Gasteiger partial charge on any atom is 0.356 e. The molecule has 0 atom stereocenters. The van der Waals surface area contributed by atoms with Gasteiger partial charge in [0.2, 0.25) is 0 Å². The molecular formula is C11H8Cl2N2O2. The first-order valence-corrected chi connectivity index (χ1v) is 5.50. The van der Waals surface area contributed by atoms with Crippen molar-refractivity contribution >= 4 is 29.2 Å². The lowest BCUT2D eigenvalue weighted by Gasteiger charge is -2.07. The fourth-order valence-corrected chi connectivity index (χ4v) is 1.85. The normalized spacial score (nSPS) is 10.5. The maximum atomic E-state index is 10.8. The number of aromatic carboxylic acids is 1. The Morgan fingerprint density at radius 2 is 2.12 bits per heavy atom. The summed E-state index contributed by atoms with van der Waals surface area (Å²) in [5.41, 5.74) is 1.20. The van der Waals surface area contributed by atoms with Crippen LogP contribution in [0.3, 0.4) is 0 Å². The molecule has 6 heteroatoms. The SMILES string of the molecule is Cc1cc(C(=O)O)nn1-c1cccc(Cl)c1Cl. The molecule has 1 aromatic carbocycles. The van der Waals surface area contributed by atoms with Gasteiger partial charge in [0.1, 0.15) is 0 Å². The number of carbonyl (C=O) groups is 1. The van der Waals surface area contributed by atoms with Crippen LogP contribution in [0.2, 0.25) is 10.0 Å². The van der Waals surface area contributed by atoms with Gasteiger partial charge >= 0.3 is 5.97 Å². The van der Waals surface area contributed by atoms with E-state index in [0.717, 1.165) is 0 Å². The minimum atomic E-state index is -1.08. The van der Waals surface area contributed by atoms with Crippen molar-refractivity contribution in [2.24, 2.45) is 0 Å². The van der Waals surface area contributed by atoms with E-state index in [1.54, 1.807) is 25.1 Å². The van der Waals surface area contributed by atoms with E-state index in [1.165, 1.54) is 10.7 Å². The monoisotopic (exact) mass is 270 g/mol. The molecule has 0 bridgehead atoms. The summed E-state index contributed by atoms with van der Waals surface area (Å²) in [4.78, 5) is 10.8. The molecule has 0 aliphatic heterocycles. The predicted octanol–water partition coefficient (Wildman–Crippen LogP) is 3.19. The molecule has 0 fully saturated rings. The van der Waals surface area contributed by atoms with E-state index in [-0.39, 0.29) is 5.69 Å². The first-order chi connectivity index (χ1) is 8.00. The molecule has 1 N–H and O–H groups in total. The highest BCUT2D eigenvalue weighted by Gasteiger charge is 2.14. The molecule has 0 unspecified atom stereocenters. The Bertz CT molecular complexity index is 593. The fourth-order valence-electron chi connectivity index (χ4n) is 1.48. The van der Waals surface area contributed by atoms with Crippen molar-refractivity contribution < 1.29 is 9.90 Å². The summed E-state index contributed by atoms with van der Waals surface area (Å²) in [6.45, 7) is 1.75. The van der Waals surface area contributed by atoms with Gasteiger partial charge in [-0.3, -0.25) is 0 Å². The molecule has 1 heterocycles. The van der Waals surface area contributed by atoms with Crippen LogP contribution in [0, 0.1) is 6.92 Å². The molecule has 0 saturated carbocycles. The predicted molar refractivity (Wildman–Crippen MR) is 65.3 cm³/mol. The van der Waals surface area contributed by atoms with Gasteiger partial charge in [0, 0.05) is 5.69 Å². The smallest absolute Gasteiger partial charge is 0.356 e. The Hall–Kier alpha value is -1.52. The Balaban J connectivity index is 2.60. The van der Waals surface area contributed by atoms with Crippen LogP contribution < -0.4 is 0 Å². The standard InChI is InChI=1S/C11H8Cl2N2O2/c1-6-5-8(11(16)17)14-15(6)9-4-2-3-7(12)10(9)13/h2-5H,1H3,(H,16,17). The van der Waals surface area contributed by atoms with E-state index in [0.29, 0.717) is 21.4 Å². The number of aryl methyl sites for hydroxylation is 1. The van der Waals surface area contributed by atoms with Crippen LogP contribution in [0.5, 0.6) is 0 Å². The number of aromatic nitrogens is 2. The summed E-state index contributed by atoms with van der Waals surface area (Å²) in [7, 11) is 0. The largest absolute Gasteiger partial charge is 0.476 e. The second-order valence-corrected chi connectivity index (χ2v) is 4.25. The lowest BCUT2D eigenvalue weighted by Crippen LogP contribution is -2.02. The second kappa shape index (κ2) is 4.39. The number of hydrogen-bond acceptors (Lipinski definition) is 2. The van der Waals surface area contributed by atoms with Gasteiger partial charge in [-0.25, -0.2) is 9.48 Å². The van der Waals surface area contributed by atoms with Gasteiger partial charge in [-0.05, 0) is 25.1 Å². The van der Waals surface area contributed by atoms with E-state index < -0.39 is 5.97 Å². The van der Waals surface area contributed by atoms with Gasteiger partial charge in [0.15, 0.2) is 5.69 Å². The Kier molecular flexibility index (Phi) is 3.09. The third-order valence-electron chi connectivity index (χ3n) is 2.27. The summed E-state index contributed by atoms with van der Waals surface area (Å²) in [5.74, 6) is -1.08. The molecule has 0 saturated heterocycles. The molecule has 0 amide bonds. The quantitative estimate of drug-likeness (QED) is 0.912. The van der Waals surface area contributed by atoms with Crippen molar-refractivity contribution in [3.05, 3.63) is 45.7 Å². The van der Waals surface area contributed by atoms with Crippen molar-refractivity contribution in [1.29, 1.82) is 0 Å². The molecule has 0 spiro atoms. The Morgan fingerprint density at radius 1 is 1.41 bits per heavy atom. The molecule has 4 nitrogen and oxygen atoms in total. The molecule has 0 aliphatic carbocycles. The van der Waals surface area contributed by atoms with E-state index in [1.807, 2.05) is 0 Å². The van der Waals surface area contributed by atoms with Crippen LogP contribution in [0.1, 0.15) is 16.2 Å². The van der Waals surface area contributed by atoms with Crippen LogP contribution in [-0.4, -0.2) is 20.9 Å². The summed E-state index contributed by atoms with van der Waals surface area (Å²) in [6.07, 6.45) is 0. The van der Waals surface area contributed by atoms with Gasteiger partial charge in [-0.15, -0.1) is 0 Å². The van der Waals surface area contributed by atoms with Gasteiger partial charge in [-0.1, -0.05) is 29.3 Å². The summed E-state index contributed by atoms with van der Waals surface area (Å²) >= 11 is 11.9. The maximum absolute atomic E-state index is 10.8. The number of nitrogens with zero attached hydrogens (tertiary/aromatic N) is 2. The first-order valence-electron chi connectivity index (χ1n) is 4.75. The molecule has 88 valence electrons. The fraction of sp³-hybridized carbons (Fsp3) is 0.0909. The van der Waals surface area contributed by atoms with Crippen LogP contribution in [0.4, 0.5) is 0 Å². The van der Waals surface area contributed by atoms with Gasteiger partial charge in [0.05, 0.1) is 15.7 Å². The molecule has 0 radical (unpaired) electrons. The van der Waals surface area contributed by atoms with Crippen LogP contribution in [-0.2, 0) is 0 Å². The van der Waals surface area contributed by atoms with Crippen LogP contribution in [0.25, 0.3) is 5.69 Å². The minimum Gasteiger partial charge on any atom is -0.476 e. The lowest BCUT2D eigenvalue weighted by molar-refractivity contribution is 0.0690. The Morgan fingerprint density at radius 3 is 2.71 bits per heavy atom. The van der Waals surface area contributed by atoms with Crippen molar-refractivity contribution in [3.8, 4) is 5.69 Å². The first kappa shape index (κ1) is 12.0. The number of carboxylic acids is 1. The average Bonchev–Trinajstić information content (AvgIpc) is 2.65. The van der Waals surface area contributed by atoms with Crippen LogP contribution >= 0.6 is 23.2 Å². The van der Waals surface area contributed by atoms with Gasteiger partial charge in [-0.2, -0.15) is 5.10 Å². The van der Waals surface area contributed by atoms with Crippen molar-refractivity contribution in [2.45, 2.75) is 6.92 Å². The molecule has 2 aromatic rings. The lowest BCUT2D eigenvalue weighted by atomic mass is 10.3. The number of benzene rings is 1. The van der Waals surface area contributed by atoms with Crippen molar-refractivity contribution in [2.75, 3.05) is 0 Å². The third-order valence-corrected chi connectivity index (χ3v) is 3.07. The number of hydrogen-bond donors (Lipinski definition) is 1. The van der Waals surface area contributed by atoms with E-state index >= 15 is 0 Å². The third kappa shape index (κ3) is 2.14. The summed E-state index contributed by atoms with van der Waals surface area (Å²) in [5, 5.41) is 13.6. The number of rotatable bonds is 2. The molecule has 2 rings (SSSR count). The number of carboxylic acid groups (broad SMARTS) is 1. The van der Waals surface area contributed by atoms with Gasteiger partial charge in [0.25, 0.3) is 0 Å². The highest BCUT2D eigenvalue weighted by atomic mass is 35.5. The zero-order chi connectivity index (χ0) is 12.6. The van der Waals surface area contributed by atoms with Crippen LogP contribution in [0.15, 0.2) is 24.3 Å². The van der Waals surface area contributed by atoms with E-state index in [9.17, 15) is 4.79 Å². The topological polar surface area (TPSA) is 55.1 Å². The van der Waals surface area contributed by atoms with E-state index in [2.05, 4.69) is 5.10 Å². The summed E-state index contributed by atoms with van der Waals surface area (Å²) < 4.78 is 1.46. The van der Waals surface area contributed by atoms with Crippen molar-refractivity contribution in [3.63, 3.8) is 0 Å². The molecule has 1 aromatic heterocycles. The second-order valence-electron chi connectivity index (χ2n) is 3.46. The molecular weight excluding hydrogens is 263 g/mol. The average molecular weight is 271 g/mol. The Labute approximate surface area is 107 Å². The molecule has 17 heavy (non-hydrogen) atoms. The van der Waals surface area contributed by atoms with Crippen molar-refractivity contribution in [1.82, 2.24) is 9.78 Å². The van der Waals surface area contributed by atoms with E-state index in [4.69, 9.17) is 28.3 Å².